The summed E-state index contributed by atoms with van der Waals surface area (Å²) in [5, 5.41) is 2.85. The number of nitrogens with one attached hydrogen (secondary N) is 1. The maximum absolute atomic E-state index is 12.5. The molecule has 2 aromatic carbocycles. The van der Waals surface area contributed by atoms with Crippen molar-refractivity contribution in [2.45, 2.75) is 13.5 Å². The summed E-state index contributed by atoms with van der Waals surface area (Å²) in [6.45, 7) is 2.35. The fourth-order valence-electron chi connectivity index (χ4n) is 2.64. The first-order valence-corrected chi connectivity index (χ1v) is 8.26. The smallest absolute Gasteiger partial charge is 0.257 e. The van der Waals surface area contributed by atoms with Crippen molar-refractivity contribution in [1.29, 1.82) is 0 Å². The number of carbonyl (C=O) groups excluding carboxylic acids is 1. The number of ether oxygens (including phenoxy) is 1. The van der Waals surface area contributed by atoms with Gasteiger partial charge in [0.15, 0.2) is 0 Å². The highest BCUT2D eigenvalue weighted by Crippen LogP contribution is 2.13. The Bertz CT molecular complexity index is 975. The van der Waals surface area contributed by atoms with E-state index in [0.717, 1.165) is 22.6 Å². The van der Waals surface area contributed by atoms with E-state index in [-0.39, 0.29) is 11.5 Å². The Morgan fingerprint density at radius 1 is 1.08 bits per heavy atom. The molecule has 0 atom stereocenters. The van der Waals surface area contributed by atoms with Crippen LogP contribution in [0.25, 0.3) is 0 Å². The van der Waals surface area contributed by atoms with E-state index in [4.69, 9.17) is 4.74 Å². The number of aryl methyl sites for hydroxylation is 1. The second-order valence-electron chi connectivity index (χ2n) is 6.06. The molecule has 1 N–H and O–H groups in total. The zero-order valence-corrected chi connectivity index (χ0v) is 14.7. The van der Waals surface area contributed by atoms with Crippen molar-refractivity contribution in [3.05, 3.63) is 93.9 Å². The Morgan fingerprint density at radius 2 is 1.85 bits per heavy atom. The van der Waals surface area contributed by atoms with Gasteiger partial charge in [-0.15, -0.1) is 0 Å². The summed E-state index contributed by atoms with van der Waals surface area (Å²) in [7, 11) is 1.61. The molecule has 0 bridgehead atoms. The molecule has 3 rings (SSSR count). The van der Waals surface area contributed by atoms with Gasteiger partial charge in [0.25, 0.3) is 11.5 Å². The molecule has 0 aliphatic heterocycles. The highest BCUT2D eigenvalue weighted by molar-refractivity contribution is 6.04. The Labute approximate surface area is 151 Å². The van der Waals surface area contributed by atoms with E-state index in [9.17, 15) is 9.59 Å². The lowest BCUT2D eigenvalue weighted by Gasteiger charge is -2.10. The fourth-order valence-corrected chi connectivity index (χ4v) is 2.64. The van der Waals surface area contributed by atoms with Crippen LogP contribution in [0.4, 0.5) is 5.69 Å². The molecule has 0 radical (unpaired) electrons. The van der Waals surface area contributed by atoms with Crippen molar-refractivity contribution in [3.63, 3.8) is 0 Å². The minimum atomic E-state index is -0.251. The summed E-state index contributed by atoms with van der Waals surface area (Å²) >= 11 is 0. The standard InChI is InChI=1S/C21H20N2O3/c1-15-4-3-5-18(12-15)22-21(25)17-8-11-20(24)23(14-17)13-16-6-9-19(26-2)10-7-16/h3-12,14H,13H2,1-2H3,(H,22,25). The van der Waals surface area contributed by atoms with Gasteiger partial charge in [0, 0.05) is 18.0 Å². The van der Waals surface area contributed by atoms with Gasteiger partial charge in [0.05, 0.1) is 19.2 Å². The van der Waals surface area contributed by atoms with E-state index in [1.165, 1.54) is 16.7 Å². The van der Waals surface area contributed by atoms with Gasteiger partial charge in [0.1, 0.15) is 5.75 Å². The molecule has 0 saturated heterocycles. The van der Waals surface area contributed by atoms with Crippen LogP contribution >= 0.6 is 0 Å². The quantitative estimate of drug-likeness (QED) is 0.768. The largest absolute Gasteiger partial charge is 0.497 e. The molecule has 0 unspecified atom stereocenters. The maximum atomic E-state index is 12.5. The first kappa shape index (κ1) is 17.5. The molecule has 3 aromatic rings. The molecule has 0 saturated carbocycles. The van der Waals surface area contributed by atoms with Gasteiger partial charge in [-0.05, 0) is 48.4 Å². The number of hydrogen-bond acceptors (Lipinski definition) is 3. The van der Waals surface area contributed by atoms with Crippen molar-refractivity contribution < 1.29 is 9.53 Å². The predicted molar refractivity (Wildman–Crippen MR) is 102 cm³/mol. The normalized spacial score (nSPS) is 10.4. The topological polar surface area (TPSA) is 60.3 Å². The van der Waals surface area contributed by atoms with E-state index in [2.05, 4.69) is 5.32 Å². The zero-order valence-electron chi connectivity index (χ0n) is 14.7. The molecule has 0 aliphatic rings. The highest BCUT2D eigenvalue weighted by Gasteiger charge is 2.09. The number of benzene rings is 2. The Hall–Kier alpha value is -3.34. The second-order valence-corrected chi connectivity index (χ2v) is 6.06. The van der Waals surface area contributed by atoms with Gasteiger partial charge in [-0.1, -0.05) is 24.3 Å². The third kappa shape index (κ3) is 4.19. The van der Waals surface area contributed by atoms with Crippen LogP contribution in [0.1, 0.15) is 21.5 Å². The second kappa shape index (κ2) is 7.70. The Balaban J connectivity index is 1.80. The van der Waals surface area contributed by atoms with Gasteiger partial charge >= 0.3 is 0 Å². The highest BCUT2D eigenvalue weighted by atomic mass is 16.5. The van der Waals surface area contributed by atoms with Crippen LogP contribution in [0.5, 0.6) is 5.75 Å². The molecule has 1 aromatic heterocycles. The molecule has 5 nitrogen and oxygen atoms in total. The number of rotatable bonds is 5. The minimum Gasteiger partial charge on any atom is -0.497 e. The van der Waals surface area contributed by atoms with Crippen LogP contribution in [-0.4, -0.2) is 17.6 Å². The van der Waals surface area contributed by atoms with Crippen LogP contribution < -0.4 is 15.6 Å². The average molecular weight is 348 g/mol. The van der Waals surface area contributed by atoms with Crippen molar-refractivity contribution in [2.75, 3.05) is 12.4 Å². The summed E-state index contributed by atoms with van der Waals surface area (Å²) < 4.78 is 6.66. The molecule has 26 heavy (non-hydrogen) atoms. The third-order valence-electron chi connectivity index (χ3n) is 4.03. The Morgan fingerprint density at radius 3 is 2.54 bits per heavy atom. The van der Waals surface area contributed by atoms with Crippen LogP contribution in [0.2, 0.25) is 0 Å². The summed E-state index contributed by atoms with van der Waals surface area (Å²) in [6.07, 6.45) is 1.58. The molecule has 0 fully saturated rings. The lowest BCUT2D eigenvalue weighted by Crippen LogP contribution is -2.22. The number of hydrogen-bond donors (Lipinski definition) is 1. The van der Waals surface area contributed by atoms with Crippen molar-refractivity contribution >= 4 is 11.6 Å². The van der Waals surface area contributed by atoms with Crippen molar-refractivity contribution in [1.82, 2.24) is 4.57 Å². The first-order chi connectivity index (χ1) is 12.5. The summed E-state index contributed by atoms with van der Waals surface area (Å²) in [6, 6.07) is 18.0. The first-order valence-electron chi connectivity index (χ1n) is 8.26. The fraction of sp³-hybridized carbons (Fsp3) is 0.143. The van der Waals surface area contributed by atoms with Gasteiger partial charge in [-0.2, -0.15) is 0 Å². The predicted octanol–water partition coefficient (Wildman–Crippen LogP) is 3.47. The monoisotopic (exact) mass is 348 g/mol. The van der Waals surface area contributed by atoms with Gasteiger partial charge in [-0.3, -0.25) is 9.59 Å². The van der Waals surface area contributed by atoms with E-state index in [1.807, 2.05) is 55.5 Å². The lowest BCUT2D eigenvalue weighted by atomic mass is 10.2. The number of methoxy groups -OCH3 is 1. The number of carbonyl (C=O) groups is 1. The number of amides is 1. The molecule has 0 spiro atoms. The Kier molecular flexibility index (Phi) is 5.17. The molecule has 0 aliphatic carbocycles. The zero-order chi connectivity index (χ0) is 18.5. The SMILES string of the molecule is COc1ccc(Cn2cc(C(=O)Nc3cccc(C)c3)ccc2=O)cc1. The molecule has 132 valence electrons. The van der Waals surface area contributed by atoms with Gasteiger partial charge in [0.2, 0.25) is 0 Å². The van der Waals surface area contributed by atoms with Crippen LogP contribution in [0.15, 0.2) is 71.7 Å². The lowest BCUT2D eigenvalue weighted by molar-refractivity contribution is 0.102. The minimum absolute atomic E-state index is 0.159. The number of pyridine rings is 1. The van der Waals surface area contributed by atoms with E-state index in [1.54, 1.807) is 13.3 Å². The summed E-state index contributed by atoms with van der Waals surface area (Å²) in [5.74, 6) is 0.506. The molecule has 1 amide bonds. The van der Waals surface area contributed by atoms with Gasteiger partial charge in [-0.25, -0.2) is 0 Å². The number of anilines is 1. The van der Waals surface area contributed by atoms with Crippen LogP contribution in [0, 0.1) is 6.92 Å². The molecular weight excluding hydrogens is 328 g/mol. The number of aromatic nitrogens is 1. The van der Waals surface area contributed by atoms with E-state index in [0.29, 0.717) is 12.1 Å². The van der Waals surface area contributed by atoms with Crippen molar-refractivity contribution in [2.24, 2.45) is 0 Å². The van der Waals surface area contributed by atoms with Gasteiger partial charge < -0.3 is 14.6 Å². The van der Waals surface area contributed by atoms with Crippen LogP contribution in [0.3, 0.4) is 0 Å². The van der Waals surface area contributed by atoms with E-state index >= 15 is 0 Å². The van der Waals surface area contributed by atoms with Crippen molar-refractivity contribution in [3.8, 4) is 5.75 Å². The molecular formula is C21H20N2O3. The summed E-state index contributed by atoms with van der Waals surface area (Å²) in [5.41, 5.74) is 3.01. The molecule has 1 heterocycles. The molecule has 5 heteroatoms. The van der Waals surface area contributed by atoms with E-state index < -0.39 is 0 Å². The third-order valence-corrected chi connectivity index (χ3v) is 4.03. The average Bonchev–Trinajstić information content (AvgIpc) is 2.64. The maximum Gasteiger partial charge on any atom is 0.257 e. The number of nitrogens with zero attached hydrogens (tertiary/aromatic N) is 1. The summed E-state index contributed by atoms with van der Waals surface area (Å²) in [4.78, 5) is 24.6. The van der Waals surface area contributed by atoms with Crippen LogP contribution in [-0.2, 0) is 6.54 Å².